The van der Waals surface area contributed by atoms with Crippen molar-refractivity contribution in [3.05, 3.63) is 11.6 Å². The highest BCUT2D eigenvalue weighted by atomic mass is 16.8. The van der Waals surface area contributed by atoms with E-state index in [1.165, 1.54) is 0 Å². The van der Waals surface area contributed by atoms with Gasteiger partial charge in [0, 0.05) is 0 Å². The molecule has 4 saturated carbocycles. The van der Waals surface area contributed by atoms with Crippen LogP contribution in [-0.4, -0.2) is 286 Å². The highest BCUT2D eigenvalue weighted by molar-refractivity contribution is 5.36. The van der Waals surface area contributed by atoms with Gasteiger partial charge in [0.1, 0.15) is 110 Å². The van der Waals surface area contributed by atoms with Crippen molar-refractivity contribution >= 4 is 0 Å². The van der Waals surface area contributed by atoms with Crippen LogP contribution in [0.1, 0.15) is 99.8 Å². The van der Waals surface area contributed by atoms with Gasteiger partial charge in [-0.3, -0.25) is 0 Å². The molecule has 9 fully saturated rings. The van der Waals surface area contributed by atoms with Crippen LogP contribution < -0.4 is 0 Å². The summed E-state index contributed by atoms with van der Waals surface area (Å²) in [6.07, 6.45) is -33.9. The molecule has 27 nitrogen and oxygen atoms in total. The highest BCUT2D eigenvalue weighted by Crippen LogP contribution is 2.76. The van der Waals surface area contributed by atoms with E-state index in [9.17, 15) is 86.8 Å². The smallest absolute Gasteiger partial charge is 0.187 e. The van der Waals surface area contributed by atoms with E-state index in [4.69, 9.17) is 47.4 Å². The number of fused-ring (bicyclic) bond motifs is 7. The maximum Gasteiger partial charge on any atom is 0.187 e. The molecule has 490 valence electrons. The Morgan fingerprint density at radius 2 is 1.01 bits per heavy atom. The maximum absolute atomic E-state index is 12.8. The lowest BCUT2D eigenvalue weighted by atomic mass is 9.33. The van der Waals surface area contributed by atoms with Crippen LogP contribution in [0, 0.1) is 50.2 Å². The average Bonchev–Trinajstić information content (AvgIpc) is 0.684. The van der Waals surface area contributed by atoms with Gasteiger partial charge in [-0.25, -0.2) is 0 Å². The Morgan fingerprint density at radius 1 is 0.482 bits per heavy atom. The molecule has 17 N–H and O–H groups in total. The molecule has 5 saturated heterocycles. The summed E-state index contributed by atoms with van der Waals surface area (Å²) >= 11 is 0. The van der Waals surface area contributed by atoms with E-state index in [0.29, 0.717) is 32.1 Å². The van der Waals surface area contributed by atoms with Crippen molar-refractivity contribution < 1.29 is 134 Å². The van der Waals surface area contributed by atoms with Gasteiger partial charge < -0.3 is 134 Å². The number of allylic oxidation sites excluding steroid dienone is 2. The molecule has 85 heavy (non-hydrogen) atoms. The second kappa shape index (κ2) is 24.6. The number of hydrogen-bond donors (Lipinski definition) is 17. The summed E-state index contributed by atoms with van der Waals surface area (Å²) in [4.78, 5) is 0. The lowest BCUT2D eigenvalue weighted by Crippen LogP contribution is -2.70. The van der Waals surface area contributed by atoms with E-state index in [-0.39, 0.29) is 35.0 Å². The lowest BCUT2D eigenvalue weighted by molar-refractivity contribution is -0.392. The SMILES string of the molecule is CC1(C)CC(OC2OC(CO)C(O)C(O)C2O)C2(CO)C(O)CC3(C)C(=CCC4C5(C)CCC(OC6OCC(OC7OC(CO)C(O)C(O)C7OC7OCC(O)C(O)C7O)C(O)C6OC6OC(CO)C(O)C(O)C6O)C(C)(C)C5CCC43C)C2C1. The van der Waals surface area contributed by atoms with E-state index in [1.807, 2.05) is 0 Å². The summed E-state index contributed by atoms with van der Waals surface area (Å²) in [6.45, 7) is 11.7. The molecule has 0 aromatic carbocycles. The standard InChI is InChI=1S/C58H96O27/c1-53(2)14-24-23-8-9-31-55(5)12-11-33(54(3,4)30(55)10-13-56(31,6)57(23,7)15-32(64)58(24,22-62)34(16-53)83-49-44(74)40(70)36(66)26(17-59)78-49)82-51-46(85-50-45(75)41(71)37(67)27(18-60)79-50)39(69)29(21-77-51)81-52-47(42(72)38(68)28(19-61)80-52)84-48-43(73)35(65)25(63)20-76-48/h8,24-52,59-75H,9-22H2,1-7H3. The van der Waals surface area contributed by atoms with Gasteiger partial charge in [-0.15, -0.1) is 0 Å². The first kappa shape index (κ1) is 66.6. The summed E-state index contributed by atoms with van der Waals surface area (Å²) in [6, 6.07) is 0. The number of hydrogen-bond acceptors (Lipinski definition) is 27. The Labute approximate surface area is 493 Å². The zero-order chi connectivity index (χ0) is 62.0. The maximum atomic E-state index is 12.8. The van der Waals surface area contributed by atoms with Crippen molar-refractivity contribution in [2.75, 3.05) is 39.6 Å². The fraction of sp³-hybridized carbons (Fsp3) is 0.966. The van der Waals surface area contributed by atoms with E-state index in [0.717, 1.165) is 18.4 Å². The number of aliphatic hydroxyl groups is 17. The van der Waals surface area contributed by atoms with Crippen LogP contribution in [-0.2, 0) is 47.4 Å². The number of aliphatic hydroxyl groups excluding tert-OH is 17. The van der Waals surface area contributed by atoms with Crippen molar-refractivity contribution in [2.45, 2.75) is 259 Å². The molecule has 33 atom stereocenters. The van der Waals surface area contributed by atoms with E-state index in [1.54, 1.807) is 0 Å². The number of rotatable bonds is 14. The minimum absolute atomic E-state index is 0.0115. The van der Waals surface area contributed by atoms with Crippen molar-refractivity contribution in [2.24, 2.45) is 50.2 Å². The molecule has 10 aliphatic rings. The molecule has 0 aromatic heterocycles. The van der Waals surface area contributed by atoms with Crippen LogP contribution in [0.4, 0.5) is 0 Å². The summed E-state index contributed by atoms with van der Waals surface area (Å²) in [5.41, 5.74) is -2.41. The van der Waals surface area contributed by atoms with Gasteiger partial charge in [-0.1, -0.05) is 60.1 Å². The van der Waals surface area contributed by atoms with Gasteiger partial charge in [0.15, 0.2) is 31.5 Å². The van der Waals surface area contributed by atoms with Crippen LogP contribution in [0.25, 0.3) is 0 Å². The van der Waals surface area contributed by atoms with Crippen molar-refractivity contribution in [3.63, 3.8) is 0 Å². The summed E-state index contributed by atoms with van der Waals surface area (Å²) in [5.74, 6) is -0.283. The molecule has 0 radical (unpaired) electrons. The highest BCUT2D eigenvalue weighted by Gasteiger charge is 2.72. The average molecular weight is 1230 g/mol. The third-order valence-corrected chi connectivity index (χ3v) is 22.9. The Bertz CT molecular complexity index is 2310. The summed E-state index contributed by atoms with van der Waals surface area (Å²) in [5, 5.41) is 186. The molecule has 10 rings (SSSR count). The molecule has 33 unspecified atom stereocenters. The van der Waals surface area contributed by atoms with Crippen LogP contribution >= 0.6 is 0 Å². The molecule has 27 heteroatoms. The Balaban J connectivity index is 0.903. The summed E-state index contributed by atoms with van der Waals surface area (Å²) in [7, 11) is 0. The van der Waals surface area contributed by atoms with Crippen LogP contribution in [0.3, 0.4) is 0 Å². The zero-order valence-electron chi connectivity index (χ0n) is 49.4. The molecular formula is C58H96O27. The fourth-order valence-corrected chi connectivity index (χ4v) is 17.8. The van der Waals surface area contributed by atoms with Crippen molar-refractivity contribution in [1.29, 1.82) is 0 Å². The summed E-state index contributed by atoms with van der Waals surface area (Å²) < 4.78 is 61.2. The van der Waals surface area contributed by atoms with Crippen LogP contribution in [0.15, 0.2) is 11.6 Å². The number of ether oxygens (including phenoxy) is 10. The van der Waals surface area contributed by atoms with E-state index < -0.39 is 221 Å². The molecule has 0 amide bonds. The third-order valence-electron chi connectivity index (χ3n) is 22.9. The molecule has 5 aliphatic heterocycles. The Kier molecular flexibility index (Phi) is 19.3. The van der Waals surface area contributed by atoms with Gasteiger partial charge in [0.25, 0.3) is 0 Å². The second-order valence-electron chi connectivity index (χ2n) is 28.4. The molecule has 5 aliphatic carbocycles. The zero-order valence-corrected chi connectivity index (χ0v) is 49.4. The minimum atomic E-state index is -1.93. The fourth-order valence-electron chi connectivity index (χ4n) is 17.8. The van der Waals surface area contributed by atoms with Crippen LogP contribution in [0.2, 0.25) is 0 Å². The monoisotopic (exact) mass is 1220 g/mol. The van der Waals surface area contributed by atoms with Gasteiger partial charge in [-0.2, -0.15) is 0 Å². The molecule has 5 heterocycles. The quantitative estimate of drug-likeness (QED) is 0.0576. The molecule has 0 spiro atoms. The predicted octanol–water partition coefficient (Wildman–Crippen LogP) is -4.52. The molecule has 0 aromatic rings. The first-order valence-electron chi connectivity index (χ1n) is 30.3. The normalized spacial score (nSPS) is 55.1. The first-order valence-corrected chi connectivity index (χ1v) is 30.3. The largest absolute Gasteiger partial charge is 0.396 e. The van der Waals surface area contributed by atoms with Gasteiger partial charge in [-0.05, 0) is 96.2 Å². The Hall–Kier alpha value is -1.34. The third kappa shape index (κ3) is 11.0. The van der Waals surface area contributed by atoms with Crippen molar-refractivity contribution in [1.82, 2.24) is 0 Å². The van der Waals surface area contributed by atoms with Crippen molar-refractivity contribution in [3.8, 4) is 0 Å². The van der Waals surface area contributed by atoms with Gasteiger partial charge in [0.2, 0.25) is 0 Å². The minimum Gasteiger partial charge on any atom is -0.396 e. The molecule has 0 bridgehead atoms. The second-order valence-corrected chi connectivity index (χ2v) is 28.4. The van der Waals surface area contributed by atoms with E-state index >= 15 is 0 Å². The van der Waals surface area contributed by atoms with E-state index in [2.05, 4.69) is 54.5 Å². The topological polar surface area (TPSA) is 436 Å². The first-order chi connectivity index (χ1) is 39.9. The van der Waals surface area contributed by atoms with Gasteiger partial charge in [0.05, 0.1) is 63.4 Å². The Morgan fingerprint density at radius 3 is 1.61 bits per heavy atom. The van der Waals surface area contributed by atoms with Gasteiger partial charge >= 0.3 is 0 Å². The van der Waals surface area contributed by atoms with Crippen LogP contribution in [0.5, 0.6) is 0 Å². The lowest BCUT2D eigenvalue weighted by Gasteiger charge is -2.72. The predicted molar refractivity (Wildman–Crippen MR) is 286 cm³/mol. The molecular weight excluding hydrogens is 1130 g/mol.